The molecule has 0 saturated carbocycles. The lowest BCUT2D eigenvalue weighted by molar-refractivity contribution is -0.141. The van der Waals surface area contributed by atoms with E-state index in [9.17, 15) is 9.59 Å². The van der Waals surface area contributed by atoms with Gasteiger partial charge in [0, 0.05) is 13.2 Å². The van der Waals surface area contributed by atoms with Crippen molar-refractivity contribution >= 4 is 23.6 Å². The monoisotopic (exact) mass is 254 g/mol. The van der Waals surface area contributed by atoms with Crippen LogP contribution in [0, 0.1) is 0 Å². The number of amides is 1. The van der Waals surface area contributed by atoms with Gasteiger partial charge in [-0.3, -0.25) is 9.59 Å². The number of rotatable bonds is 4. The second-order valence-electron chi connectivity index (χ2n) is 3.30. The van der Waals surface area contributed by atoms with Gasteiger partial charge in [-0.15, -0.1) is 11.8 Å². The molecule has 0 saturated heterocycles. The van der Waals surface area contributed by atoms with Gasteiger partial charge in [0.2, 0.25) is 0 Å². The van der Waals surface area contributed by atoms with Gasteiger partial charge in [-0.05, 0) is 18.4 Å². The molecule has 92 valence electrons. The normalized spacial score (nSPS) is 9.82. The molecule has 0 N–H and O–H groups in total. The molecule has 0 unspecified atom stereocenters. The van der Waals surface area contributed by atoms with Crippen LogP contribution >= 0.6 is 11.8 Å². The molecule has 0 aliphatic rings. The number of carbonyl (C=O) groups excluding carboxylic acids is 2. The number of ether oxygens (including phenoxy) is 1. The summed E-state index contributed by atoms with van der Waals surface area (Å²) in [7, 11) is 2.84. The Hall–Kier alpha value is -1.56. The smallest absolute Gasteiger partial charge is 0.325 e. The van der Waals surface area contributed by atoms with Crippen LogP contribution < -0.4 is 0 Å². The molecule has 1 aromatic rings. The highest BCUT2D eigenvalue weighted by atomic mass is 32.2. The van der Waals surface area contributed by atoms with E-state index in [1.807, 2.05) is 6.26 Å². The molecule has 0 aliphatic carbocycles. The van der Waals surface area contributed by atoms with Crippen LogP contribution in [-0.2, 0) is 9.53 Å². The number of carbonyl (C=O) groups is 2. The van der Waals surface area contributed by atoms with E-state index in [2.05, 4.69) is 9.72 Å². The quantitative estimate of drug-likeness (QED) is 0.593. The number of hydrogen-bond acceptors (Lipinski definition) is 5. The van der Waals surface area contributed by atoms with Gasteiger partial charge in [0.1, 0.15) is 11.6 Å². The van der Waals surface area contributed by atoms with Gasteiger partial charge in [0.05, 0.1) is 12.7 Å². The van der Waals surface area contributed by atoms with Gasteiger partial charge in [0.25, 0.3) is 5.91 Å². The molecule has 1 rings (SSSR count). The lowest BCUT2D eigenvalue weighted by atomic mass is 10.2. The minimum absolute atomic E-state index is 0.0714. The van der Waals surface area contributed by atoms with E-state index in [1.54, 1.807) is 25.4 Å². The molecule has 0 atom stereocenters. The van der Waals surface area contributed by atoms with Crippen LogP contribution in [-0.4, -0.2) is 48.7 Å². The zero-order chi connectivity index (χ0) is 12.8. The number of nitrogens with zero attached hydrogens (tertiary/aromatic N) is 2. The van der Waals surface area contributed by atoms with Crippen LogP contribution in [0.5, 0.6) is 0 Å². The van der Waals surface area contributed by atoms with Crippen molar-refractivity contribution in [3.05, 3.63) is 23.9 Å². The van der Waals surface area contributed by atoms with E-state index < -0.39 is 5.97 Å². The van der Waals surface area contributed by atoms with E-state index in [0.29, 0.717) is 10.6 Å². The van der Waals surface area contributed by atoms with Gasteiger partial charge in [-0.25, -0.2) is 4.98 Å². The van der Waals surface area contributed by atoms with E-state index in [0.717, 1.165) is 0 Å². The summed E-state index contributed by atoms with van der Waals surface area (Å²) in [6.07, 6.45) is 3.47. The van der Waals surface area contributed by atoms with Crippen molar-refractivity contribution in [3.8, 4) is 0 Å². The number of hydrogen-bond donors (Lipinski definition) is 0. The average molecular weight is 254 g/mol. The number of aromatic nitrogens is 1. The third-order valence-electron chi connectivity index (χ3n) is 2.14. The molecule has 1 aromatic heterocycles. The Morgan fingerprint density at radius 3 is 2.82 bits per heavy atom. The van der Waals surface area contributed by atoms with Crippen LogP contribution in [0.4, 0.5) is 0 Å². The summed E-state index contributed by atoms with van der Waals surface area (Å²) < 4.78 is 4.51. The summed E-state index contributed by atoms with van der Waals surface area (Å²) in [6.45, 7) is -0.0714. The number of likely N-dealkylation sites (N-methyl/N-ethyl adjacent to an activating group) is 1. The Morgan fingerprint density at radius 2 is 2.24 bits per heavy atom. The van der Waals surface area contributed by atoms with Crippen LogP contribution in [0.25, 0.3) is 0 Å². The van der Waals surface area contributed by atoms with Crippen LogP contribution in [0.15, 0.2) is 23.4 Å². The number of esters is 1. The third kappa shape index (κ3) is 3.45. The second kappa shape index (κ2) is 6.24. The van der Waals surface area contributed by atoms with E-state index in [1.165, 1.54) is 23.8 Å². The highest BCUT2D eigenvalue weighted by molar-refractivity contribution is 7.98. The van der Waals surface area contributed by atoms with Crippen molar-refractivity contribution in [2.45, 2.75) is 5.03 Å². The summed E-state index contributed by atoms with van der Waals surface area (Å²) in [5.74, 6) is -0.691. The number of thioether (sulfide) groups is 1. The largest absolute Gasteiger partial charge is 0.468 e. The molecule has 0 spiro atoms. The summed E-state index contributed by atoms with van der Waals surface area (Å²) in [5, 5.41) is 0.647. The van der Waals surface area contributed by atoms with Crippen molar-refractivity contribution in [1.82, 2.24) is 9.88 Å². The van der Waals surface area contributed by atoms with Crippen molar-refractivity contribution in [2.75, 3.05) is 27.0 Å². The molecule has 1 heterocycles. The standard InChI is InChI=1S/C11H14N2O3S/c1-13(7-9(14)16-2)11(15)8-5-4-6-12-10(8)17-3/h4-6H,7H2,1-3H3. The first-order chi connectivity index (χ1) is 8.10. The topological polar surface area (TPSA) is 59.5 Å². The maximum atomic E-state index is 12.0. The highest BCUT2D eigenvalue weighted by Crippen LogP contribution is 2.18. The fraction of sp³-hybridized carbons (Fsp3) is 0.364. The third-order valence-corrected chi connectivity index (χ3v) is 2.85. The number of pyridine rings is 1. The Labute approximate surface area is 104 Å². The average Bonchev–Trinajstić information content (AvgIpc) is 2.37. The SMILES string of the molecule is COC(=O)CN(C)C(=O)c1cccnc1SC. The second-order valence-corrected chi connectivity index (χ2v) is 4.09. The fourth-order valence-corrected chi connectivity index (χ4v) is 1.79. The maximum absolute atomic E-state index is 12.0. The summed E-state index contributed by atoms with van der Waals surface area (Å²) in [5.41, 5.74) is 0.492. The predicted octanol–water partition coefficient (Wildman–Crippen LogP) is 1.05. The van der Waals surface area contributed by atoms with Gasteiger partial charge >= 0.3 is 5.97 Å². The van der Waals surface area contributed by atoms with Crippen molar-refractivity contribution in [1.29, 1.82) is 0 Å². The van der Waals surface area contributed by atoms with Crippen LogP contribution in [0.3, 0.4) is 0 Å². The Morgan fingerprint density at radius 1 is 1.53 bits per heavy atom. The van der Waals surface area contributed by atoms with Crippen molar-refractivity contribution in [3.63, 3.8) is 0 Å². The molecule has 17 heavy (non-hydrogen) atoms. The fourth-order valence-electron chi connectivity index (χ4n) is 1.25. The molecule has 5 nitrogen and oxygen atoms in total. The Kier molecular flexibility index (Phi) is 4.96. The van der Waals surface area contributed by atoms with Gasteiger partial charge < -0.3 is 9.64 Å². The van der Waals surface area contributed by atoms with Crippen molar-refractivity contribution < 1.29 is 14.3 Å². The molecule has 0 fully saturated rings. The van der Waals surface area contributed by atoms with Crippen molar-refractivity contribution in [2.24, 2.45) is 0 Å². The molecule has 0 aromatic carbocycles. The van der Waals surface area contributed by atoms with Gasteiger partial charge in [0.15, 0.2) is 0 Å². The molecule has 6 heteroatoms. The zero-order valence-electron chi connectivity index (χ0n) is 9.97. The zero-order valence-corrected chi connectivity index (χ0v) is 10.8. The van der Waals surface area contributed by atoms with Crippen LogP contribution in [0.1, 0.15) is 10.4 Å². The minimum atomic E-state index is -0.449. The Balaban J connectivity index is 2.85. The van der Waals surface area contributed by atoms with E-state index >= 15 is 0 Å². The first-order valence-electron chi connectivity index (χ1n) is 4.91. The van der Waals surface area contributed by atoms with Gasteiger partial charge in [-0.2, -0.15) is 0 Å². The molecular weight excluding hydrogens is 240 g/mol. The lowest BCUT2D eigenvalue weighted by Gasteiger charge is -2.16. The molecule has 1 amide bonds. The first kappa shape index (κ1) is 13.5. The van der Waals surface area contributed by atoms with E-state index in [4.69, 9.17) is 0 Å². The highest BCUT2D eigenvalue weighted by Gasteiger charge is 2.18. The molecule has 0 aliphatic heterocycles. The summed E-state index contributed by atoms with van der Waals surface area (Å²) in [4.78, 5) is 28.5. The van der Waals surface area contributed by atoms with Crippen LogP contribution in [0.2, 0.25) is 0 Å². The van der Waals surface area contributed by atoms with Gasteiger partial charge in [-0.1, -0.05) is 0 Å². The predicted molar refractivity (Wildman–Crippen MR) is 65.0 cm³/mol. The molecule has 0 radical (unpaired) electrons. The molecule has 0 bridgehead atoms. The Bertz CT molecular complexity index is 423. The maximum Gasteiger partial charge on any atom is 0.325 e. The lowest BCUT2D eigenvalue weighted by Crippen LogP contribution is -2.33. The summed E-state index contributed by atoms with van der Waals surface area (Å²) in [6, 6.07) is 3.38. The number of methoxy groups -OCH3 is 1. The van der Waals surface area contributed by atoms with E-state index in [-0.39, 0.29) is 12.5 Å². The summed E-state index contributed by atoms with van der Waals surface area (Å²) >= 11 is 1.39. The molecular formula is C11H14N2O3S. The first-order valence-corrected chi connectivity index (χ1v) is 6.14. The minimum Gasteiger partial charge on any atom is -0.468 e.